The normalized spacial score (nSPS) is 30.0. The fraction of sp³-hybridized carbons (Fsp3) is 0.500. The predicted molar refractivity (Wildman–Crippen MR) is 70.9 cm³/mol. The van der Waals surface area contributed by atoms with Crippen LogP contribution in [0.5, 0.6) is 5.75 Å². The summed E-state index contributed by atoms with van der Waals surface area (Å²) >= 11 is 0. The largest absolute Gasteiger partial charge is 0.492 e. The van der Waals surface area contributed by atoms with Gasteiger partial charge in [-0.05, 0) is 25.0 Å². The van der Waals surface area contributed by atoms with Crippen LogP contribution in [0.25, 0.3) is 0 Å². The van der Waals surface area contributed by atoms with E-state index in [0.717, 1.165) is 37.3 Å². The van der Waals surface area contributed by atoms with E-state index in [0.29, 0.717) is 17.9 Å². The van der Waals surface area contributed by atoms with Gasteiger partial charge >= 0.3 is 0 Å². The first-order valence-corrected chi connectivity index (χ1v) is 6.94. The minimum Gasteiger partial charge on any atom is -0.492 e. The Kier molecular flexibility index (Phi) is 2.90. The molecular formula is C14H16FO2P. The number of carbonyl (C=O) groups excluding carboxylic acids is 1. The van der Waals surface area contributed by atoms with Crippen molar-refractivity contribution in [3.05, 3.63) is 23.5 Å². The van der Waals surface area contributed by atoms with Crippen molar-refractivity contribution in [1.29, 1.82) is 0 Å². The summed E-state index contributed by atoms with van der Waals surface area (Å²) in [5.74, 6) is 0.373. The molecule has 0 bridgehead atoms. The minimum absolute atomic E-state index is 0.123. The Labute approximate surface area is 108 Å². The first kappa shape index (κ1) is 12.1. The second-order valence-electron chi connectivity index (χ2n) is 5.25. The monoisotopic (exact) mass is 266 g/mol. The van der Waals surface area contributed by atoms with Gasteiger partial charge < -0.3 is 9.53 Å². The SMILES string of the molecule is O=CC12CCCCC1COc1c(P)ccc(F)c12. The van der Waals surface area contributed by atoms with Crippen LogP contribution in [0.2, 0.25) is 0 Å². The van der Waals surface area contributed by atoms with E-state index in [-0.39, 0.29) is 11.7 Å². The lowest BCUT2D eigenvalue weighted by molar-refractivity contribution is -0.117. The topological polar surface area (TPSA) is 26.3 Å². The average molecular weight is 266 g/mol. The summed E-state index contributed by atoms with van der Waals surface area (Å²) in [7, 11) is 2.56. The van der Waals surface area contributed by atoms with Gasteiger partial charge in [0, 0.05) is 16.8 Å². The molecule has 3 atom stereocenters. The molecule has 1 fully saturated rings. The zero-order chi connectivity index (χ0) is 12.8. The molecule has 3 unspecified atom stereocenters. The van der Waals surface area contributed by atoms with Crippen LogP contribution in [0, 0.1) is 11.7 Å². The van der Waals surface area contributed by atoms with Gasteiger partial charge in [0.15, 0.2) is 0 Å². The standard InChI is InChI=1S/C14H16FO2P/c15-10-4-5-11(18)13-12(10)14(8-16)6-2-1-3-9(14)7-17-13/h4-5,8-9H,1-3,6-7,18H2. The van der Waals surface area contributed by atoms with Crippen molar-refractivity contribution in [2.75, 3.05) is 6.61 Å². The number of rotatable bonds is 1. The van der Waals surface area contributed by atoms with Crippen LogP contribution in [-0.2, 0) is 10.2 Å². The van der Waals surface area contributed by atoms with Crippen LogP contribution in [0.15, 0.2) is 12.1 Å². The molecule has 0 radical (unpaired) electrons. The second kappa shape index (κ2) is 4.31. The van der Waals surface area contributed by atoms with Crippen molar-refractivity contribution in [2.45, 2.75) is 31.1 Å². The first-order valence-electron chi connectivity index (χ1n) is 6.36. The Bertz CT molecular complexity index is 503. The van der Waals surface area contributed by atoms with E-state index in [1.807, 2.05) is 0 Å². The molecule has 1 saturated carbocycles. The Hall–Kier alpha value is -0.950. The van der Waals surface area contributed by atoms with Crippen molar-refractivity contribution in [3.63, 3.8) is 0 Å². The molecule has 0 aromatic heterocycles. The van der Waals surface area contributed by atoms with Crippen LogP contribution in [0.4, 0.5) is 4.39 Å². The van der Waals surface area contributed by atoms with Gasteiger partial charge in [-0.2, -0.15) is 0 Å². The maximum atomic E-state index is 14.2. The van der Waals surface area contributed by atoms with Crippen molar-refractivity contribution in [2.24, 2.45) is 5.92 Å². The maximum Gasteiger partial charge on any atom is 0.133 e. The third kappa shape index (κ3) is 1.53. The summed E-state index contributed by atoms with van der Waals surface area (Å²) in [6.45, 7) is 0.524. The van der Waals surface area contributed by atoms with Crippen molar-refractivity contribution >= 4 is 20.8 Å². The molecule has 96 valence electrons. The van der Waals surface area contributed by atoms with Crippen LogP contribution < -0.4 is 10.0 Å². The highest BCUT2D eigenvalue weighted by Crippen LogP contribution is 2.49. The molecule has 4 heteroatoms. The molecular weight excluding hydrogens is 250 g/mol. The highest BCUT2D eigenvalue weighted by atomic mass is 31.0. The van der Waals surface area contributed by atoms with Gasteiger partial charge in [-0.25, -0.2) is 4.39 Å². The van der Waals surface area contributed by atoms with Crippen molar-refractivity contribution < 1.29 is 13.9 Å². The lowest BCUT2D eigenvalue weighted by Gasteiger charge is -2.44. The lowest BCUT2D eigenvalue weighted by atomic mass is 9.62. The quantitative estimate of drug-likeness (QED) is 0.576. The van der Waals surface area contributed by atoms with E-state index < -0.39 is 5.41 Å². The molecule has 18 heavy (non-hydrogen) atoms. The fourth-order valence-corrected chi connectivity index (χ4v) is 3.72. The molecule has 1 aromatic carbocycles. The average Bonchev–Trinajstić information content (AvgIpc) is 2.42. The summed E-state index contributed by atoms with van der Waals surface area (Å²) < 4.78 is 19.9. The number of aldehydes is 1. The molecule has 0 saturated heterocycles. The number of carbonyl (C=O) groups is 1. The molecule has 2 nitrogen and oxygen atoms in total. The molecule has 0 spiro atoms. The van der Waals surface area contributed by atoms with Gasteiger partial charge in [0.2, 0.25) is 0 Å². The Morgan fingerprint density at radius 2 is 2.28 bits per heavy atom. The second-order valence-corrected chi connectivity index (χ2v) is 5.87. The number of benzene rings is 1. The highest BCUT2D eigenvalue weighted by molar-refractivity contribution is 7.27. The predicted octanol–water partition coefficient (Wildman–Crippen LogP) is 2.35. The molecule has 2 aliphatic rings. The summed E-state index contributed by atoms with van der Waals surface area (Å²) in [5.41, 5.74) is -0.177. The van der Waals surface area contributed by atoms with E-state index in [1.165, 1.54) is 6.07 Å². The number of hydrogen-bond acceptors (Lipinski definition) is 2. The van der Waals surface area contributed by atoms with Crippen LogP contribution >= 0.6 is 9.24 Å². The van der Waals surface area contributed by atoms with E-state index in [2.05, 4.69) is 9.24 Å². The zero-order valence-electron chi connectivity index (χ0n) is 10.1. The molecule has 1 heterocycles. The highest BCUT2D eigenvalue weighted by Gasteiger charge is 2.49. The van der Waals surface area contributed by atoms with Gasteiger partial charge in [0.1, 0.15) is 17.9 Å². The van der Waals surface area contributed by atoms with E-state index in [9.17, 15) is 9.18 Å². The lowest BCUT2D eigenvalue weighted by Crippen LogP contribution is -2.47. The maximum absolute atomic E-state index is 14.2. The van der Waals surface area contributed by atoms with Gasteiger partial charge in [-0.1, -0.05) is 12.8 Å². The van der Waals surface area contributed by atoms with Gasteiger partial charge in [0.05, 0.1) is 12.0 Å². The molecule has 1 aliphatic heterocycles. The number of ether oxygens (including phenoxy) is 1. The fourth-order valence-electron chi connectivity index (χ4n) is 3.39. The van der Waals surface area contributed by atoms with Crippen LogP contribution in [0.1, 0.15) is 31.2 Å². The Balaban J connectivity index is 2.24. The third-order valence-electron chi connectivity index (χ3n) is 4.36. The minimum atomic E-state index is -0.664. The van der Waals surface area contributed by atoms with Crippen LogP contribution in [0.3, 0.4) is 0 Å². The van der Waals surface area contributed by atoms with E-state index in [4.69, 9.17) is 4.74 Å². The first-order chi connectivity index (χ1) is 8.69. The summed E-state index contributed by atoms with van der Waals surface area (Å²) in [6.07, 6.45) is 4.73. The van der Waals surface area contributed by atoms with Gasteiger partial charge in [-0.3, -0.25) is 0 Å². The van der Waals surface area contributed by atoms with E-state index >= 15 is 0 Å². The smallest absolute Gasteiger partial charge is 0.133 e. The third-order valence-corrected chi connectivity index (χ3v) is 4.82. The van der Waals surface area contributed by atoms with Crippen LogP contribution in [-0.4, -0.2) is 12.9 Å². The van der Waals surface area contributed by atoms with E-state index in [1.54, 1.807) is 6.07 Å². The molecule has 1 aromatic rings. The number of halogens is 1. The number of fused-ring (bicyclic) bond motifs is 3. The molecule has 1 aliphatic carbocycles. The summed E-state index contributed by atoms with van der Waals surface area (Å²) in [6, 6.07) is 3.12. The van der Waals surface area contributed by atoms with Gasteiger partial charge in [0.25, 0.3) is 0 Å². The summed E-state index contributed by atoms with van der Waals surface area (Å²) in [4.78, 5) is 11.7. The van der Waals surface area contributed by atoms with Gasteiger partial charge in [-0.15, -0.1) is 9.24 Å². The Morgan fingerprint density at radius 3 is 3.06 bits per heavy atom. The zero-order valence-corrected chi connectivity index (χ0v) is 11.3. The van der Waals surface area contributed by atoms with Crippen molar-refractivity contribution in [3.8, 4) is 5.75 Å². The van der Waals surface area contributed by atoms with Crippen molar-refractivity contribution in [1.82, 2.24) is 0 Å². The number of hydrogen-bond donors (Lipinski definition) is 0. The Morgan fingerprint density at radius 1 is 1.44 bits per heavy atom. The molecule has 0 amide bonds. The summed E-state index contributed by atoms with van der Waals surface area (Å²) in [5, 5.41) is 0.830. The molecule has 0 N–H and O–H groups in total. The molecule has 3 rings (SSSR count).